The average molecular weight is 458 g/mol. The first-order chi connectivity index (χ1) is 16.3. The lowest BCUT2D eigenvalue weighted by Gasteiger charge is -2.49. The number of allylic oxidation sites excluding steroid dienone is 4. The van der Waals surface area contributed by atoms with Gasteiger partial charge in [0, 0.05) is 11.8 Å². The number of aryl methyl sites for hydroxylation is 1. The molecule has 0 saturated heterocycles. The van der Waals surface area contributed by atoms with Crippen molar-refractivity contribution in [2.24, 2.45) is 7.05 Å². The van der Waals surface area contributed by atoms with E-state index < -0.39 is 6.67 Å². The van der Waals surface area contributed by atoms with Crippen LogP contribution in [0, 0.1) is 0 Å². The van der Waals surface area contributed by atoms with Crippen LogP contribution in [0.2, 0.25) is 0 Å². The topological polar surface area (TPSA) is 8.81 Å². The van der Waals surface area contributed by atoms with Crippen LogP contribution in [0.4, 0.5) is 4.39 Å². The largest absolute Gasteiger partial charge is 0.289 e. The van der Waals surface area contributed by atoms with Crippen molar-refractivity contribution < 1.29 is 8.96 Å². The lowest BCUT2D eigenvalue weighted by molar-refractivity contribution is -0.660. The SMILES string of the molecule is CCC1(C)c2ccccc2-c2n(cc[n+]2C)[C@@]1(CC)C/C=C(C)\C(=C(\C)CF)c1ccccc1. The summed E-state index contributed by atoms with van der Waals surface area (Å²) in [6.45, 7) is 10.7. The molecule has 178 valence electrons. The summed E-state index contributed by atoms with van der Waals surface area (Å²) in [5.41, 5.74) is 6.61. The van der Waals surface area contributed by atoms with Gasteiger partial charge in [-0.1, -0.05) is 75.4 Å². The summed E-state index contributed by atoms with van der Waals surface area (Å²) in [6, 6.07) is 19.1. The Bertz CT molecular complexity index is 1230. The molecule has 0 spiro atoms. The molecule has 0 fully saturated rings. The molecule has 1 unspecified atom stereocenters. The Balaban J connectivity index is 1.89. The molecule has 3 heteroatoms. The van der Waals surface area contributed by atoms with Crippen LogP contribution in [0.1, 0.15) is 65.0 Å². The third-order valence-electron chi connectivity index (χ3n) is 8.37. The Morgan fingerprint density at radius 2 is 1.68 bits per heavy atom. The predicted molar refractivity (Wildman–Crippen MR) is 140 cm³/mol. The number of hydrogen-bond donors (Lipinski definition) is 0. The highest BCUT2D eigenvalue weighted by molar-refractivity contribution is 5.80. The maximum atomic E-state index is 13.9. The van der Waals surface area contributed by atoms with Crippen molar-refractivity contribution in [2.75, 3.05) is 6.67 Å². The minimum Gasteiger partial charge on any atom is -0.246 e. The third kappa shape index (κ3) is 3.57. The molecule has 2 aromatic carbocycles. The van der Waals surface area contributed by atoms with E-state index in [9.17, 15) is 4.39 Å². The highest BCUT2D eigenvalue weighted by Gasteiger charge is 2.56. The molecule has 3 aromatic rings. The Labute approximate surface area is 204 Å². The zero-order valence-corrected chi connectivity index (χ0v) is 21.5. The van der Waals surface area contributed by atoms with E-state index in [1.807, 2.05) is 25.1 Å². The van der Waals surface area contributed by atoms with Crippen molar-refractivity contribution in [1.29, 1.82) is 0 Å². The fraction of sp³-hybridized carbons (Fsp3) is 0.387. The molecule has 2 heterocycles. The van der Waals surface area contributed by atoms with Gasteiger partial charge in [-0.05, 0) is 60.6 Å². The molecule has 1 aliphatic heterocycles. The monoisotopic (exact) mass is 457 g/mol. The molecule has 2 nitrogen and oxygen atoms in total. The maximum absolute atomic E-state index is 13.9. The summed E-state index contributed by atoms with van der Waals surface area (Å²) >= 11 is 0. The van der Waals surface area contributed by atoms with Crippen molar-refractivity contribution in [3.05, 3.63) is 95.3 Å². The number of aromatic nitrogens is 2. The van der Waals surface area contributed by atoms with Gasteiger partial charge < -0.3 is 0 Å². The lowest BCUT2D eigenvalue weighted by Crippen LogP contribution is -2.54. The fourth-order valence-electron chi connectivity index (χ4n) is 6.27. The van der Waals surface area contributed by atoms with E-state index in [1.165, 1.54) is 17.0 Å². The van der Waals surface area contributed by atoms with E-state index >= 15 is 0 Å². The van der Waals surface area contributed by atoms with Crippen molar-refractivity contribution in [3.63, 3.8) is 0 Å². The number of fused-ring (bicyclic) bond motifs is 3. The second kappa shape index (κ2) is 9.37. The van der Waals surface area contributed by atoms with Crippen molar-refractivity contribution in [3.8, 4) is 11.4 Å². The van der Waals surface area contributed by atoms with E-state index in [4.69, 9.17) is 0 Å². The van der Waals surface area contributed by atoms with Crippen LogP contribution in [0.3, 0.4) is 0 Å². The summed E-state index contributed by atoms with van der Waals surface area (Å²) in [5.74, 6) is 1.26. The summed E-state index contributed by atoms with van der Waals surface area (Å²) in [7, 11) is 2.14. The van der Waals surface area contributed by atoms with Gasteiger partial charge in [0.1, 0.15) is 24.6 Å². The van der Waals surface area contributed by atoms with Gasteiger partial charge in [-0.25, -0.2) is 13.5 Å². The van der Waals surface area contributed by atoms with Gasteiger partial charge in [0.15, 0.2) is 0 Å². The van der Waals surface area contributed by atoms with Crippen LogP contribution in [-0.2, 0) is 18.0 Å². The first-order valence-electron chi connectivity index (χ1n) is 12.5. The van der Waals surface area contributed by atoms with Gasteiger partial charge in [-0.2, -0.15) is 0 Å². The summed E-state index contributed by atoms with van der Waals surface area (Å²) in [6.07, 6.45) is 9.71. The third-order valence-corrected chi connectivity index (χ3v) is 8.37. The number of benzene rings is 2. The smallest absolute Gasteiger partial charge is 0.246 e. The quantitative estimate of drug-likeness (QED) is 0.256. The van der Waals surface area contributed by atoms with Crippen molar-refractivity contribution in [2.45, 2.75) is 64.8 Å². The van der Waals surface area contributed by atoms with Gasteiger partial charge in [0.05, 0.1) is 12.6 Å². The van der Waals surface area contributed by atoms with Crippen LogP contribution in [0.15, 0.2) is 84.2 Å². The van der Waals surface area contributed by atoms with Crippen molar-refractivity contribution in [1.82, 2.24) is 4.57 Å². The molecule has 1 aromatic heterocycles. The highest BCUT2D eigenvalue weighted by Crippen LogP contribution is 2.54. The average Bonchev–Trinajstić information content (AvgIpc) is 3.26. The summed E-state index contributed by atoms with van der Waals surface area (Å²) in [5, 5.41) is 0. The van der Waals surface area contributed by atoms with Crippen LogP contribution in [0.25, 0.3) is 17.0 Å². The summed E-state index contributed by atoms with van der Waals surface area (Å²) in [4.78, 5) is 0. The van der Waals surface area contributed by atoms with Gasteiger partial charge in [0.25, 0.3) is 5.82 Å². The van der Waals surface area contributed by atoms with E-state index in [0.717, 1.165) is 41.5 Å². The van der Waals surface area contributed by atoms with E-state index in [2.05, 4.69) is 98.7 Å². The molecular weight excluding hydrogens is 419 g/mol. The van der Waals surface area contributed by atoms with Gasteiger partial charge >= 0.3 is 0 Å². The number of alkyl halides is 1. The van der Waals surface area contributed by atoms with E-state index in [1.54, 1.807) is 0 Å². The molecule has 0 N–H and O–H groups in total. The molecule has 34 heavy (non-hydrogen) atoms. The minimum atomic E-state index is -0.439. The van der Waals surface area contributed by atoms with E-state index in [0.29, 0.717) is 0 Å². The van der Waals surface area contributed by atoms with Crippen LogP contribution in [-0.4, -0.2) is 11.2 Å². The van der Waals surface area contributed by atoms with Crippen LogP contribution in [0.5, 0.6) is 0 Å². The molecule has 1 aliphatic rings. The summed E-state index contributed by atoms with van der Waals surface area (Å²) < 4.78 is 18.6. The molecule has 0 bridgehead atoms. The first kappa shape index (κ1) is 24.2. The lowest BCUT2D eigenvalue weighted by atomic mass is 9.59. The molecule has 0 saturated carbocycles. The zero-order chi connectivity index (χ0) is 24.5. The van der Waals surface area contributed by atoms with Gasteiger partial charge in [-0.3, -0.25) is 0 Å². The predicted octanol–water partition coefficient (Wildman–Crippen LogP) is 7.55. The van der Waals surface area contributed by atoms with Crippen LogP contribution < -0.4 is 4.57 Å². The second-order valence-corrected chi connectivity index (χ2v) is 9.97. The molecule has 2 atom stereocenters. The first-order valence-corrected chi connectivity index (χ1v) is 12.5. The standard InChI is InChI=1S/C31H38FN2/c1-7-30(5)27-17-13-12-16-26(27)29-33(6)20-21-34(29)31(30,8-2)19-18-23(3)28(24(4)22-32)25-14-10-9-11-15-25/h9-18,20-21H,7-8,19,22H2,1-6H3/q+1/b23-18-,28-24+/t30?,31-/m0/s1. The number of halogens is 1. The minimum absolute atomic E-state index is 0.0418. The fourth-order valence-corrected chi connectivity index (χ4v) is 6.27. The Hall–Kier alpha value is -2.94. The van der Waals surface area contributed by atoms with Crippen LogP contribution >= 0.6 is 0 Å². The number of nitrogens with zero attached hydrogens (tertiary/aromatic N) is 2. The Kier molecular flexibility index (Phi) is 6.66. The van der Waals surface area contributed by atoms with Gasteiger partial charge in [-0.15, -0.1) is 0 Å². The van der Waals surface area contributed by atoms with E-state index in [-0.39, 0.29) is 11.0 Å². The molecule has 0 aliphatic carbocycles. The van der Waals surface area contributed by atoms with Gasteiger partial charge in [0.2, 0.25) is 0 Å². The molecule has 0 amide bonds. The second-order valence-electron chi connectivity index (χ2n) is 9.97. The number of imidazole rings is 1. The molecule has 0 radical (unpaired) electrons. The number of rotatable bonds is 7. The Morgan fingerprint density at radius 3 is 2.32 bits per heavy atom. The highest BCUT2D eigenvalue weighted by atomic mass is 19.1. The normalized spacial score (nSPS) is 22.7. The Morgan fingerprint density at radius 1 is 1.00 bits per heavy atom. The van der Waals surface area contributed by atoms with Crippen molar-refractivity contribution >= 4 is 5.57 Å². The maximum Gasteiger partial charge on any atom is 0.289 e. The molecule has 4 rings (SSSR count). The molecular formula is C31H38FN2+. The zero-order valence-electron chi connectivity index (χ0n) is 21.5. The number of hydrogen-bond acceptors (Lipinski definition) is 0.